The van der Waals surface area contributed by atoms with Crippen LogP contribution in [0.2, 0.25) is 0 Å². The lowest BCUT2D eigenvalue weighted by molar-refractivity contribution is -0.125. The Morgan fingerprint density at radius 2 is 1.00 bits per heavy atom. The number of carbonyl (C=O) groups is 1. The van der Waals surface area contributed by atoms with Gasteiger partial charge in [0.15, 0.2) is 5.78 Å². The summed E-state index contributed by atoms with van der Waals surface area (Å²) >= 11 is 0. The Labute approximate surface area is 215 Å². The lowest BCUT2D eigenvalue weighted by Gasteiger charge is -2.32. The van der Waals surface area contributed by atoms with Crippen LogP contribution >= 0.6 is 0 Å². The van der Waals surface area contributed by atoms with Gasteiger partial charge in [-0.3, -0.25) is 9.69 Å². The van der Waals surface area contributed by atoms with Gasteiger partial charge in [-0.1, -0.05) is 121 Å². The molecular weight excluding hydrogens is 440 g/mol. The summed E-state index contributed by atoms with van der Waals surface area (Å²) in [4.78, 5) is 16.4. The number of nitrogens with one attached hydrogen (secondary N) is 1. The third-order valence-corrected chi connectivity index (χ3v) is 6.72. The molecule has 0 unspecified atom stereocenters. The maximum atomic E-state index is 14.0. The van der Waals surface area contributed by atoms with Gasteiger partial charge >= 0.3 is 0 Å². The van der Waals surface area contributed by atoms with E-state index in [0.717, 1.165) is 19.5 Å². The van der Waals surface area contributed by atoms with Crippen LogP contribution in [0.25, 0.3) is 0 Å². The van der Waals surface area contributed by atoms with Gasteiger partial charge in [0.2, 0.25) is 0 Å². The third kappa shape index (κ3) is 7.74. The molecule has 0 radical (unpaired) electrons. The van der Waals surface area contributed by atoms with Gasteiger partial charge in [-0.05, 0) is 42.1 Å². The minimum absolute atomic E-state index is 0.0912. The summed E-state index contributed by atoms with van der Waals surface area (Å²) in [6, 6.07) is 41.6. The zero-order valence-electron chi connectivity index (χ0n) is 21.1. The molecule has 4 aromatic carbocycles. The van der Waals surface area contributed by atoms with Crippen LogP contribution in [0, 0.1) is 0 Å². The van der Waals surface area contributed by atoms with Gasteiger partial charge in [0.05, 0.1) is 6.04 Å². The molecule has 4 rings (SSSR count). The van der Waals surface area contributed by atoms with Gasteiger partial charge in [-0.25, -0.2) is 0 Å². The standard InChI is InChI=1S/C33H36N2O/c1-34-31(22-27-14-6-2-7-15-27)24-33(36)32(23-28-16-8-3-9-17-28)35(25-29-18-10-4-11-19-29)26-30-20-12-5-13-21-30/h2-21,31-32,34H,22-26H2,1H3/t31-,32-/m0/s1. The van der Waals surface area contributed by atoms with Crippen LogP contribution in [-0.4, -0.2) is 29.8 Å². The van der Waals surface area contributed by atoms with E-state index >= 15 is 0 Å². The van der Waals surface area contributed by atoms with Crippen LogP contribution in [-0.2, 0) is 30.7 Å². The highest BCUT2D eigenvalue weighted by molar-refractivity contribution is 5.85. The molecule has 0 aliphatic rings. The van der Waals surface area contributed by atoms with Crippen molar-refractivity contribution < 1.29 is 4.79 Å². The average molecular weight is 477 g/mol. The first kappa shape index (κ1) is 25.6. The molecule has 0 bridgehead atoms. The Bertz CT molecular complexity index is 1120. The van der Waals surface area contributed by atoms with Crippen LogP contribution < -0.4 is 5.32 Å². The molecule has 3 heteroatoms. The van der Waals surface area contributed by atoms with Gasteiger partial charge in [0.1, 0.15) is 0 Å². The molecule has 3 nitrogen and oxygen atoms in total. The number of nitrogens with zero attached hydrogens (tertiary/aromatic N) is 1. The van der Waals surface area contributed by atoms with Crippen molar-refractivity contribution >= 4 is 5.78 Å². The Hall–Kier alpha value is -3.53. The van der Waals surface area contributed by atoms with E-state index in [1.165, 1.54) is 22.3 Å². The third-order valence-electron chi connectivity index (χ3n) is 6.72. The number of hydrogen-bond donors (Lipinski definition) is 1. The average Bonchev–Trinajstić information content (AvgIpc) is 2.93. The van der Waals surface area contributed by atoms with Crippen molar-refractivity contribution in [3.63, 3.8) is 0 Å². The number of rotatable bonds is 13. The summed E-state index contributed by atoms with van der Waals surface area (Å²) in [5, 5.41) is 3.40. The van der Waals surface area contributed by atoms with Gasteiger partial charge in [0, 0.05) is 25.6 Å². The molecule has 0 spiro atoms. The van der Waals surface area contributed by atoms with Crippen LogP contribution in [0.4, 0.5) is 0 Å². The monoisotopic (exact) mass is 476 g/mol. The summed E-state index contributed by atoms with van der Waals surface area (Å²) in [5.74, 6) is 0.279. The molecule has 36 heavy (non-hydrogen) atoms. The number of likely N-dealkylation sites (N-methyl/N-ethyl adjacent to an activating group) is 1. The second kappa shape index (κ2) is 13.5. The van der Waals surface area contributed by atoms with Crippen molar-refractivity contribution in [2.45, 2.75) is 44.4 Å². The lowest BCUT2D eigenvalue weighted by atomic mass is 9.93. The van der Waals surface area contributed by atoms with Crippen molar-refractivity contribution in [2.75, 3.05) is 7.05 Å². The summed E-state index contributed by atoms with van der Waals surface area (Å²) in [6.07, 6.45) is 2.02. The van der Waals surface area contributed by atoms with Crippen LogP contribution in [0.15, 0.2) is 121 Å². The molecule has 0 amide bonds. The fourth-order valence-electron chi connectivity index (χ4n) is 4.75. The van der Waals surface area contributed by atoms with E-state index in [9.17, 15) is 4.79 Å². The van der Waals surface area contributed by atoms with Crippen molar-refractivity contribution in [2.24, 2.45) is 0 Å². The predicted molar refractivity (Wildman–Crippen MR) is 149 cm³/mol. The first-order valence-electron chi connectivity index (χ1n) is 12.8. The largest absolute Gasteiger partial charge is 0.316 e. The van der Waals surface area contributed by atoms with Crippen molar-refractivity contribution in [3.05, 3.63) is 144 Å². The SMILES string of the molecule is CN[C@H](CC(=O)[C@H](Cc1ccccc1)N(Cc1ccccc1)Cc1ccccc1)Cc1ccccc1. The highest BCUT2D eigenvalue weighted by atomic mass is 16.1. The molecule has 0 aromatic heterocycles. The van der Waals surface area contributed by atoms with Crippen molar-refractivity contribution in [3.8, 4) is 0 Å². The molecule has 0 aliphatic carbocycles. The zero-order chi connectivity index (χ0) is 25.0. The van der Waals surface area contributed by atoms with Gasteiger partial charge < -0.3 is 5.32 Å². The normalized spacial score (nSPS) is 12.8. The van der Waals surface area contributed by atoms with Gasteiger partial charge in [-0.15, -0.1) is 0 Å². The fourth-order valence-corrected chi connectivity index (χ4v) is 4.75. The fraction of sp³-hybridized carbons (Fsp3) is 0.242. The summed E-state index contributed by atoms with van der Waals surface area (Å²) in [6.45, 7) is 1.45. The van der Waals surface area contributed by atoms with Crippen molar-refractivity contribution in [1.29, 1.82) is 0 Å². The van der Waals surface area contributed by atoms with Gasteiger partial charge in [-0.2, -0.15) is 0 Å². The van der Waals surface area contributed by atoms with Crippen LogP contribution in [0.3, 0.4) is 0 Å². The maximum absolute atomic E-state index is 14.0. The van der Waals surface area contributed by atoms with Crippen LogP contribution in [0.5, 0.6) is 0 Å². The first-order valence-corrected chi connectivity index (χ1v) is 12.8. The second-order valence-corrected chi connectivity index (χ2v) is 9.43. The van der Waals surface area contributed by atoms with E-state index in [0.29, 0.717) is 12.8 Å². The van der Waals surface area contributed by atoms with E-state index in [1.54, 1.807) is 0 Å². The molecule has 1 N–H and O–H groups in total. The number of Topliss-reactive ketones (excluding diaryl/α,β-unsaturated/α-hetero) is 1. The molecule has 2 atom stereocenters. The summed E-state index contributed by atoms with van der Waals surface area (Å²) < 4.78 is 0. The first-order chi connectivity index (χ1) is 17.7. The Kier molecular flexibility index (Phi) is 9.61. The molecule has 0 saturated heterocycles. The topological polar surface area (TPSA) is 32.3 Å². The Morgan fingerprint density at radius 1 is 0.611 bits per heavy atom. The van der Waals surface area contributed by atoms with Crippen molar-refractivity contribution in [1.82, 2.24) is 10.2 Å². The molecular formula is C33H36N2O. The number of hydrogen-bond acceptors (Lipinski definition) is 3. The lowest BCUT2D eigenvalue weighted by Crippen LogP contribution is -2.44. The molecule has 0 fully saturated rings. The predicted octanol–water partition coefficient (Wildman–Crippen LogP) is 6.09. The summed E-state index contributed by atoms with van der Waals surface area (Å²) in [7, 11) is 1.96. The van der Waals surface area contributed by atoms with Crippen LogP contribution in [0.1, 0.15) is 28.7 Å². The van der Waals surface area contributed by atoms with Gasteiger partial charge in [0.25, 0.3) is 0 Å². The van der Waals surface area contributed by atoms with E-state index < -0.39 is 0 Å². The van der Waals surface area contributed by atoms with E-state index in [4.69, 9.17) is 0 Å². The Balaban J connectivity index is 1.61. The zero-order valence-corrected chi connectivity index (χ0v) is 21.1. The second-order valence-electron chi connectivity index (χ2n) is 9.43. The smallest absolute Gasteiger partial charge is 0.151 e. The highest BCUT2D eigenvalue weighted by Gasteiger charge is 2.28. The minimum atomic E-state index is -0.223. The molecule has 0 aliphatic heterocycles. The van der Waals surface area contributed by atoms with E-state index in [2.05, 4.69) is 107 Å². The molecule has 0 heterocycles. The molecule has 184 valence electrons. The number of ketones is 1. The minimum Gasteiger partial charge on any atom is -0.316 e. The molecule has 4 aromatic rings. The van der Waals surface area contributed by atoms with E-state index in [-0.39, 0.29) is 17.9 Å². The molecule has 0 saturated carbocycles. The Morgan fingerprint density at radius 3 is 1.42 bits per heavy atom. The maximum Gasteiger partial charge on any atom is 0.151 e. The number of benzene rings is 4. The van der Waals surface area contributed by atoms with E-state index in [1.807, 2.05) is 31.3 Å². The quantitative estimate of drug-likeness (QED) is 0.253. The summed E-state index contributed by atoms with van der Waals surface area (Å²) in [5.41, 5.74) is 4.86. The number of carbonyl (C=O) groups excluding carboxylic acids is 1. The highest BCUT2D eigenvalue weighted by Crippen LogP contribution is 2.20.